The van der Waals surface area contributed by atoms with Crippen LogP contribution in [-0.2, 0) is 13.1 Å². The summed E-state index contributed by atoms with van der Waals surface area (Å²) in [6, 6.07) is 5.99. The molecule has 100 valence electrons. The molecule has 0 fully saturated rings. The minimum Gasteiger partial charge on any atom is -0.326 e. The van der Waals surface area contributed by atoms with E-state index in [1.165, 1.54) is 11.1 Å². The molecule has 4 heteroatoms. The van der Waals surface area contributed by atoms with Crippen LogP contribution in [0.1, 0.15) is 24.5 Å². The van der Waals surface area contributed by atoms with E-state index in [9.17, 15) is 0 Å². The van der Waals surface area contributed by atoms with Gasteiger partial charge in [-0.1, -0.05) is 45.2 Å². The molecule has 3 N–H and O–H groups in total. The molecule has 0 radical (unpaired) electrons. The van der Waals surface area contributed by atoms with Crippen LogP contribution in [-0.4, -0.2) is 11.9 Å². The van der Waals surface area contributed by atoms with Crippen LogP contribution in [0.4, 0.5) is 0 Å². The summed E-state index contributed by atoms with van der Waals surface area (Å²) in [5.74, 6) is 0. The Kier molecular flexibility index (Phi) is 7.59. The predicted octanol–water partition coefficient (Wildman–Crippen LogP) is 3.62. The summed E-state index contributed by atoms with van der Waals surface area (Å²) in [5, 5.41) is 5.12. The van der Waals surface area contributed by atoms with Crippen LogP contribution in [0.25, 0.3) is 0 Å². The zero-order chi connectivity index (χ0) is 13.4. The topological polar surface area (TPSA) is 38.0 Å². The van der Waals surface area contributed by atoms with Gasteiger partial charge in [0.1, 0.15) is 0 Å². The van der Waals surface area contributed by atoms with E-state index in [-0.39, 0.29) is 0 Å². The minimum absolute atomic E-state index is 0.528. The molecular weight excluding hydrogens is 312 g/mol. The third kappa shape index (κ3) is 5.53. The van der Waals surface area contributed by atoms with E-state index in [1.54, 1.807) is 0 Å². The second kappa shape index (κ2) is 8.70. The fraction of sp³-hybridized carbons (Fsp3) is 0.429. The van der Waals surface area contributed by atoms with Crippen molar-refractivity contribution in [1.82, 2.24) is 5.32 Å². The van der Waals surface area contributed by atoms with Crippen molar-refractivity contribution in [2.24, 2.45) is 5.73 Å². The molecule has 0 heterocycles. The molecular formula is C14H20BrClN2. The maximum Gasteiger partial charge on any atom is 0.0412 e. The summed E-state index contributed by atoms with van der Waals surface area (Å²) in [6.45, 7) is 4.39. The number of rotatable bonds is 7. The van der Waals surface area contributed by atoms with E-state index in [0.29, 0.717) is 6.54 Å². The Morgan fingerprint density at radius 1 is 1.39 bits per heavy atom. The minimum atomic E-state index is 0.528. The number of nitrogens with two attached hydrogens (primary N) is 1. The second-order valence-electron chi connectivity index (χ2n) is 4.18. The molecule has 0 aliphatic heterocycles. The molecule has 0 saturated carbocycles. The van der Waals surface area contributed by atoms with Gasteiger partial charge in [0.15, 0.2) is 0 Å². The van der Waals surface area contributed by atoms with Crippen LogP contribution in [0.5, 0.6) is 0 Å². The Balaban J connectivity index is 2.42. The lowest BCUT2D eigenvalue weighted by atomic mass is 10.1. The van der Waals surface area contributed by atoms with Crippen LogP contribution in [0, 0.1) is 0 Å². The number of hydrogen-bond donors (Lipinski definition) is 2. The summed E-state index contributed by atoms with van der Waals surface area (Å²) >= 11 is 9.51. The van der Waals surface area contributed by atoms with E-state index in [0.717, 1.165) is 35.4 Å². The van der Waals surface area contributed by atoms with Gasteiger partial charge in [-0.15, -0.1) is 0 Å². The molecule has 0 aliphatic rings. The highest BCUT2D eigenvalue weighted by Crippen LogP contribution is 2.15. The molecule has 0 spiro atoms. The number of halogens is 2. The largest absolute Gasteiger partial charge is 0.326 e. The van der Waals surface area contributed by atoms with Crippen molar-refractivity contribution >= 4 is 27.5 Å². The SMILES string of the molecule is CC=C(CBr)CCNCc1cc(Cl)cc(CN)c1. The first-order valence-corrected chi connectivity index (χ1v) is 7.58. The standard InChI is InChI=1S/C14H20BrClN2/c1-2-11(8-15)3-4-18-10-13-5-12(9-17)6-14(16)7-13/h2,5-7,18H,3-4,8-10,17H2,1H3. The first-order chi connectivity index (χ1) is 8.69. The molecule has 1 aromatic carbocycles. The Hall–Kier alpha value is -0.350. The lowest BCUT2D eigenvalue weighted by molar-refractivity contribution is 0.684. The number of alkyl halides is 1. The number of benzene rings is 1. The van der Waals surface area contributed by atoms with Gasteiger partial charge in [-0.05, 0) is 43.1 Å². The summed E-state index contributed by atoms with van der Waals surface area (Å²) in [4.78, 5) is 0. The summed E-state index contributed by atoms with van der Waals surface area (Å²) < 4.78 is 0. The van der Waals surface area contributed by atoms with Crippen molar-refractivity contribution in [3.05, 3.63) is 46.0 Å². The van der Waals surface area contributed by atoms with Crippen molar-refractivity contribution in [2.75, 3.05) is 11.9 Å². The van der Waals surface area contributed by atoms with E-state index in [4.69, 9.17) is 17.3 Å². The van der Waals surface area contributed by atoms with Gasteiger partial charge in [0, 0.05) is 23.4 Å². The molecule has 0 atom stereocenters. The van der Waals surface area contributed by atoms with Gasteiger partial charge in [0.2, 0.25) is 0 Å². The lowest BCUT2D eigenvalue weighted by Crippen LogP contribution is -2.15. The number of hydrogen-bond acceptors (Lipinski definition) is 2. The summed E-state index contributed by atoms with van der Waals surface area (Å²) in [7, 11) is 0. The van der Waals surface area contributed by atoms with Gasteiger partial charge in [0.25, 0.3) is 0 Å². The lowest BCUT2D eigenvalue weighted by Gasteiger charge is -2.08. The highest BCUT2D eigenvalue weighted by molar-refractivity contribution is 9.09. The number of allylic oxidation sites excluding steroid dienone is 1. The molecule has 0 aliphatic carbocycles. The first kappa shape index (κ1) is 15.7. The van der Waals surface area contributed by atoms with Gasteiger partial charge in [-0.2, -0.15) is 0 Å². The molecule has 0 unspecified atom stereocenters. The fourth-order valence-electron chi connectivity index (χ4n) is 1.71. The smallest absolute Gasteiger partial charge is 0.0412 e. The summed E-state index contributed by atoms with van der Waals surface area (Å²) in [6.07, 6.45) is 3.22. The zero-order valence-corrected chi connectivity index (χ0v) is 13.0. The number of nitrogens with one attached hydrogen (secondary N) is 1. The van der Waals surface area contributed by atoms with E-state index in [1.807, 2.05) is 12.1 Å². The maximum atomic E-state index is 6.04. The van der Waals surface area contributed by atoms with Crippen LogP contribution in [0.2, 0.25) is 5.02 Å². The molecule has 1 rings (SSSR count). The maximum absolute atomic E-state index is 6.04. The van der Waals surface area contributed by atoms with Crippen molar-refractivity contribution in [3.8, 4) is 0 Å². The van der Waals surface area contributed by atoms with Crippen molar-refractivity contribution in [2.45, 2.75) is 26.4 Å². The Bertz CT molecular complexity index is 405. The van der Waals surface area contributed by atoms with Crippen molar-refractivity contribution in [1.29, 1.82) is 0 Å². The molecule has 18 heavy (non-hydrogen) atoms. The highest BCUT2D eigenvalue weighted by atomic mass is 79.9. The normalized spacial score (nSPS) is 11.9. The fourth-order valence-corrected chi connectivity index (χ4v) is 2.59. The summed E-state index contributed by atoms with van der Waals surface area (Å²) in [5.41, 5.74) is 9.30. The molecule has 0 amide bonds. The van der Waals surface area contributed by atoms with Crippen LogP contribution in [0.15, 0.2) is 29.8 Å². The zero-order valence-electron chi connectivity index (χ0n) is 10.7. The third-order valence-electron chi connectivity index (χ3n) is 2.78. The molecule has 2 nitrogen and oxygen atoms in total. The monoisotopic (exact) mass is 330 g/mol. The average molecular weight is 332 g/mol. The predicted molar refractivity (Wildman–Crippen MR) is 83.2 cm³/mol. The molecule has 0 saturated heterocycles. The van der Waals surface area contributed by atoms with Gasteiger partial charge >= 0.3 is 0 Å². The van der Waals surface area contributed by atoms with Crippen LogP contribution >= 0.6 is 27.5 Å². The van der Waals surface area contributed by atoms with E-state index < -0.39 is 0 Å². The Morgan fingerprint density at radius 2 is 2.11 bits per heavy atom. The Morgan fingerprint density at radius 3 is 2.72 bits per heavy atom. The second-order valence-corrected chi connectivity index (χ2v) is 5.18. The third-order valence-corrected chi connectivity index (χ3v) is 3.72. The molecule has 0 aromatic heterocycles. The van der Waals surface area contributed by atoms with Gasteiger partial charge in [0.05, 0.1) is 0 Å². The van der Waals surface area contributed by atoms with E-state index >= 15 is 0 Å². The van der Waals surface area contributed by atoms with E-state index in [2.05, 4.69) is 40.3 Å². The molecule has 1 aromatic rings. The van der Waals surface area contributed by atoms with Gasteiger partial charge < -0.3 is 11.1 Å². The first-order valence-electron chi connectivity index (χ1n) is 6.08. The quantitative estimate of drug-likeness (QED) is 0.455. The van der Waals surface area contributed by atoms with Gasteiger partial charge in [-0.25, -0.2) is 0 Å². The van der Waals surface area contributed by atoms with Gasteiger partial charge in [-0.3, -0.25) is 0 Å². The Labute approximate surface area is 123 Å². The molecule has 0 bridgehead atoms. The van der Waals surface area contributed by atoms with Crippen LogP contribution in [0.3, 0.4) is 0 Å². The van der Waals surface area contributed by atoms with Crippen molar-refractivity contribution < 1.29 is 0 Å². The van der Waals surface area contributed by atoms with Crippen LogP contribution < -0.4 is 11.1 Å². The average Bonchev–Trinajstić information content (AvgIpc) is 2.38. The highest BCUT2D eigenvalue weighted by Gasteiger charge is 1.99. The van der Waals surface area contributed by atoms with Crippen molar-refractivity contribution in [3.63, 3.8) is 0 Å².